The van der Waals surface area contributed by atoms with E-state index in [9.17, 15) is 18.0 Å². The third-order valence-corrected chi connectivity index (χ3v) is 5.98. The number of carbonyl (C=O) groups excluding carboxylic acids is 1. The number of carbonyl (C=O) groups is 1. The summed E-state index contributed by atoms with van der Waals surface area (Å²) in [5, 5.41) is 3.51. The number of ether oxygens (including phenoxy) is 1. The van der Waals surface area contributed by atoms with Crippen LogP contribution in [0, 0.1) is 12.8 Å². The molecule has 3 atom stereocenters. The van der Waals surface area contributed by atoms with Gasteiger partial charge < -0.3 is 10.1 Å². The van der Waals surface area contributed by atoms with E-state index in [4.69, 9.17) is 4.74 Å². The maximum atomic E-state index is 13.2. The van der Waals surface area contributed by atoms with Gasteiger partial charge in [0.1, 0.15) is 5.78 Å². The summed E-state index contributed by atoms with van der Waals surface area (Å²) in [6.45, 7) is 5.90. The van der Waals surface area contributed by atoms with E-state index in [2.05, 4.69) is 5.32 Å². The van der Waals surface area contributed by atoms with E-state index in [1.54, 1.807) is 26.8 Å². The average molecular weight is 419 g/mol. The molecular formula is C24H28F3NO2. The Morgan fingerprint density at radius 3 is 2.50 bits per heavy atom. The van der Waals surface area contributed by atoms with Crippen LogP contribution in [0.1, 0.15) is 55.0 Å². The van der Waals surface area contributed by atoms with Crippen LogP contribution in [0.25, 0.3) is 0 Å². The maximum Gasteiger partial charge on any atom is 0.416 e. The van der Waals surface area contributed by atoms with E-state index in [0.29, 0.717) is 24.3 Å². The number of hydrogen-bond acceptors (Lipinski definition) is 3. The van der Waals surface area contributed by atoms with Crippen molar-refractivity contribution in [3.63, 3.8) is 0 Å². The van der Waals surface area contributed by atoms with Gasteiger partial charge in [-0.15, -0.1) is 0 Å². The second-order valence-electron chi connectivity index (χ2n) is 8.26. The number of ketones is 1. The van der Waals surface area contributed by atoms with E-state index >= 15 is 0 Å². The molecule has 3 rings (SSSR count). The summed E-state index contributed by atoms with van der Waals surface area (Å²) in [5.41, 5.74) is 0.972. The second kappa shape index (κ2) is 8.90. The Bertz CT molecular complexity index is 872. The molecule has 1 fully saturated rings. The predicted octanol–water partition coefficient (Wildman–Crippen LogP) is 5.58. The van der Waals surface area contributed by atoms with Gasteiger partial charge in [-0.05, 0) is 56.9 Å². The highest BCUT2D eigenvalue weighted by molar-refractivity contribution is 5.78. The molecular weight excluding hydrogens is 391 g/mol. The molecule has 162 valence electrons. The molecule has 1 heterocycles. The molecule has 1 aliphatic rings. The summed E-state index contributed by atoms with van der Waals surface area (Å²) in [5.74, 6) is 0.142. The molecule has 0 amide bonds. The summed E-state index contributed by atoms with van der Waals surface area (Å²) in [6.07, 6.45) is -3.43. The van der Waals surface area contributed by atoms with Crippen LogP contribution in [-0.4, -0.2) is 18.9 Å². The van der Waals surface area contributed by atoms with Crippen LogP contribution < -0.4 is 5.32 Å². The minimum atomic E-state index is -4.39. The lowest BCUT2D eigenvalue weighted by atomic mass is 9.78. The van der Waals surface area contributed by atoms with Crippen molar-refractivity contribution in [1.82, 2.24) is 5.32 Å². The smallest absolute Gasteiger partial charge is 0.372 e. The van der Waals surface area contributed by atoms with E-state index < -0.39 is 23.4 Å². The van der Waals surface area contributed by atoms with E-state index in [0.717, 1.165) is 30.5 Å². The Balaban J connectivity index is 1.80. The molecule has 0 bridgehead atoms. The Kier molecular flexibility index (Phi) is 6.68. The van der Waals surface area contributed by atoms with Crippen LogP contribution in [0.2, 0.25) is 0 Å². The number of nitrogens with one attached hydrogen (secondary N) is 1. The zero-order valence-electron chi connectivity index (χ0n) is 17.6. The van der Waals surface area contributed by atoms with Crippen LogP contribution in [0.3, 0.4) is 0 Å². The molecule has 30 heavy (non-hydrogen) atoms. The molecule has 6 heteroatoms. The van der Waals surface area contributed by atoms with Crippen molar-refractivity contribution >= 4 is 5.78 Å². The first-order valence-electron chi connectivity index (χ1n) is 10.2. The first-order chi connectivity index (χ1) is 14.1. The number of hydrogen-bond donors (Lipinski definition) is 1. The first-order valence-corrected chi connectivity index (χ1v) is 10.2. The van der Waals surface area contributed by atoms with Gasteiger partial charge in [-0.3, -0.25) is 4.79 Å². The lowest BCUT2D eigenvalue weighted by Crippen LogP contribution is -2.53. The molecule has 1 aliphatic heterocycles. The summed E-state index contributed by atoms with van der Waals surface area (Å²) >= 11 is 0. The Hall–Kier alpha value is -2.18. The van der Waals surface area contributed by atoms with Crippen molar-refractivity contribution in [2.45, 2.75) is 51.4 Å². The van der Waals surface area contributed by atoms with Crippen molar-refractivity contribution in [3.8, 4) is 0 Å². The number of piperidine rings is 1. The highest BCUT2D eigenvalue weighted by Crippen LogP contribution is 2.36. The molecule has 1 N–H and O–H groups in total. The van der Waals surface area contributed by atoms with Gasteiger partial charge in [-0.2, -0.15) is 13.2 Å². The fraction of sp³-hybridized carbons (Fsp3) is 0.458. The molecule has 0 aromatic heterocycles. The highest BCUT2D eigenvalue weighted by Gasteiger charge is 2.38. The molecule has 1 unspecified atom stereocenters. The molecule has 0 aliphatic carbocycles. The summed E-state index contributed by atoms with van der Waals surface area (Å²) in [6, 6.07) is 13.9. The van der Waals surface area contributed by atoms with Crippen LogP contribution in [0.15, 0.2) is 48.5 Å². The molecule has 2 aromatic carbocycles. The van der Waals surface area contributed by atoms with Crippen LogP contribution in [0.4, 0.5) is 13.2 Å². The number of alkyl halides is 3. The zero-order valence-corrected chi connectivity index (χ0v) is 17.6. The van der Waals surface area contributed by atoms with Crippen LogP contribution in [-0.2, 0) is 21.2 Å². The minimum absolute atomic E-state index is 0.0228. The van der Waals surface area contributed by atoms with Crippen LogP contribution >= 0.6 is 0 Å². The largest absolute Gasteiger partial charge is 0.416 e. The van der Waals surface area contributed by atoms with Gasteiger partial charge in [-0.25, -0.2) is 0 Å². The predicted molar refractivity (Wildman–Crippen MR) is 110 cm³/mol. The van der Waals surface area contributed by atoms with Crippen LogP contribution in [0.5, 0.6) is 0 Å². The van der Waals surface area contributed by atoms with Gasteiger partial charge in [0.2, 0.25) is 0 Å². The number of rotatable bonds is 6. The molecule has 1 saturated heterocycles. The van der Waals surface area contributed by atoms with E-state index in [1.807, 2.05) is 30.3 Å². The van der Waals surface area contributed by atoms with E-state index in [-0.39, 0.29) is 11.7 Å². The lowest BCUT2D eigenvalue weighted by Gasteiger charge is -2.41. The maximum absolute atomic E-state index is 13.2. The van der Waals surface area contributed by atoms with Gasteiger partial charge in [0.15, 0.2) is 0 Å². The van der Waals surface area contributed by atoms with Crippen molar-refractivity contribution in [2.75, 3.05) is 13.2 Å². The van der Waals surface area contributed by atoms with Crippen molar-refractivity contribution in [3.05, 3.63) is 70.8 Å². The Morgan fingerprint density at radius 2 is 1.93 bits per heavy atom. The van der Waals surface area contributed by atoms with Gasteiger partial charge in [0.05, 0.1) is 23.8 Å². The standard InChI is InChI=1S/C24H28F3NO2/c1-16-11-20(13-22(12-16)24(25,26)27)18(3)30-15-23(21-7-5-4-6-8-21)10-9-19(14-28-23)17(2)29/h4-8,11-13,18-19,28H,9-10,14-15H2,1-3H3/t18-,19?,23-/m1/s1. The minimum Gasteiger partial charge on any atom is -0.372 e. The summed E-state index contributed by atoms with van der Waals surface area (Å²) in [7, 11) is 0. The second-order valence-corrected chi connectivity index (χ2v) is 8.26. The Morgan fingerprint density at radius 1 is 1.23 bits per heavy atom. The van der Waals surface area contributed by atoms with Crippen molar-refractivity contribution < 1.29 is 22.7 Å². The highest BCUT2D eigenvalue weighted by atomic mass is 19.4. The normalized spacial score (nSPS) is 23.2. The van der Waals surface area contributed by atoms with Gasteiger partial charge in [0.25, 0.3) is 0 Å². The number of Topliss-reactive ketones (excluding diaryl/α,β-unsaturated/α-hetero) is 1. The number of aryl methyl sites for hydroxylation is 1. The van der Waals surface area contributed by atoms with E-state index in [1.165, 1.54) is 0 Å². The topological polar surface area (TPSA) is 38.3 Å². The molecule has 3 nitrogen and oxygen atoms in total. The Labute approximate surface area is 175 Å². The average Bonchev–Trinajstić information content (AvgIpc) is 2.72. The van der Waals surface area contributed by atoms with Gasteiger partial charge >= 0.3 is 6.18 Å². The fourth-order valence-electron chi connectivity index (χ4n) is 4.06. The number of halogens is 3. The van der Waals surface area contributed by atoms with Gasteiger partial charge in [0, 0.05) is 12.5 Å². The molecule has 2 aromatic rings. The van der Waals surface area contributed by atoms with Crippen molar-refractivity contribution in [2.24, 2.45) is 5.92 Å². The SMILES string of the molecule is CC(=O)C1CC[C@@](CO[C@H](C)c2cc(C)cc(C(F)(F)F)c2)(c2ccccc2)NC1. The molecule has 0 saturated carbocycles. The lowest BCUT2D eigenvalue weighted by molar-refractivity contribution is -0.137. The van der Waals surface area contributed by atoms with Crippen molar-refractivity contribution in [1.29, 1.82) is 0 Å². The third kappa shape index (κ3) is 5.10. The first kappa shape index (κ1) is 22.5. The van der Waals surface area contributed by atoms with Gasteiger partial charge in [-0.1, -0.05) is 42.0 Å². The third-order valence-electron chi connectivity index (χ3n) is 5.98. The summed E-state index contributed by atoms with van der Waals surface area (Å²) in [4.78, 5) is 11.8. The summed E-state index contributed by atoms with van der Waals surface area (Å²) < 4.78 is 45.7. The molecule has 0 spiro atoms. The molecule has 0 radical (unpaired) electrons. The quantitative estimate of drug-likeness (QED) is 0.665. The monoisotopic (exact) mass is 419 g/mol. The fourth-order valence-corrected chi connectivity index (χ4v) is 4.06. The number of benzene rings is 2. The zero-order chi connectivity index (χ0) is 21.9.